The molecule has 0 aliphatic carbocycles. The van der Waals surface area contributed by atoms with Gasteiger partial charge in [0.25, 0.3) is 0 Å². The molecule has 2 rings (SSSR count). The van der Waals surface area contributed by atoms with Crippen LogP contribution in [-0.4, -0.2) is 0 Å². The minimum Gasteiger partial charge on any atom is -0.207 e. The second-order valence-corrected chi connectivity index (χ2v) is 5.55. The Morgan fingerprint density at radius 3 is 2.11 bits per heavy atom. The quantitative estimate of drug-likeness (QED) is 0.457. The first-order chi connectivity index (χ1) is 8.90. The molecule has 0 aliphatic heterocycles. The fraction of sp³-hybridized carbons (Fsp3) is 0.0769. The fourth-order valence-corrected chi connectivity index (χ4v) is 2.52. The summed E-state index contributed by atoms with van der Waals surface area (Å²) in [6, 6.07) is 6.02. The van der Waals surface area contributed by atoms with Crippen LogP contribution in [0.2, 0.25) is 10.0 Å². The maximum atomic E-state index is 13.7. The topological polar surface area (TPSA) is 0 Å². The predicted molar refractivity (Wildman–Crippen MR) is 73.5 cm³/mol. The summed E-state index contributed by atoms with van der Waals surface area (Å²) in [5, 5.41) is 0.655. The summed E-state index contributed by atoms with van der Waals surface area (Å²) < 4.78 is 39.7. The largest absolute Gasteiger partial charge is 0.207 e. The van der Waals surface area contributed by atoms with Gasteiger partial charge in [-0.15, -0.1) is 0 Å². The van der Waals surface area contributed by atoms with E-state index in [-0.39, 0.29) is 5.56 Å². The lowest BCUT2D eigenvalue weighted by Crippen LogP contribution is -2.00. The molecule has 0 radical (unpaired) electrons. The smallest absolute Gasteiger partial charge is 0.161 e. The van der Waals surface area contributed by atoms with E-state index in [1.165, 1.54) is 6.07 Å². The predicted octanol–water partition coefficient (Wildman–Crippen LogP) is 5.90. The molecule has 0 nitrogen and oxygen atoms in total. The molecule has 1 atom stereocenters. The average molecular weight is 370 g/mol. The van der Waals surface area contributed by atoms with Crippen molar-refractivity contribution in [2.45, 2.75) is 4.83 Å². The summed E-state index contributed by atoms with van der Waals surface area (Å²) in [6.07, 6.45) is 0. The number of hydrogen-bond donors (Lipinski definition) is 0. The highest BCUT2D eigenvalue weighted by molar-refractivity contribution is 9.09. The van der Waals surface area contributed by atoms with Crippen molar-refractivity contribution in [3.8, 4) is 0 Å². The van der Waals surface area contributed by atoms with E-state index < -0.39 is 22.3 Å². The zero-order valence-corrected chi connectivity index (χ0v) is 12.3. The minimum absolute atomic E-state index is 0.0164. The van der Waals surface area contributed by atoms with Crippen LogP contribution in [0.3, 0.4) is 0 Å². The van der Waals surface area contributed by atoms with Gasteiger partial charge < -0.3 is 0 Å². The first kappa shape index (κ1) is 14.7. The summed E-state index contributed by atoms with van der Waals surface area (Å²) in [6.45, 7) is 0. The number of rotatable bonds is 2. The third kappa shape index (κ3) is 3.07. The molecule has 19 heavy (non-hydrogen) atoms. The van der Waals surface area contributed by atoms with Gasteiger partial charge in [0, 0.05) is 11.6 Å². The fourth-order valence-electron chi connectivity index (χ4n) is 1.58. The summed E-state index contributed by atoms with van der Waals surface area (Å²) >= 11 is 14.9. The molecule has 0 heterocycles. The van der Waals surface area contributed by atoms with Gasteiger partial charge in [0.2, 0.25) is 0 Å². The Kier molecular flexibility index (Phi) is 4.43. The van der Waals surface area contributed by atoms with Gasteiger partial charge in [-0.25, -0.2) is 13.2 Å². The zero-order chi connectivity index (χ0) is 14.2. The zero-order valence-electron chi connectivity index (χ0n) is 9.23. The highest BCUT2D eigenvalue weighted by atomic mass is 79.9. The molecule has 0 aliphatic rings. The van der Waals surface area contributed by atoms with Crippen molar-refractivity contribution in [3.05, 3.63) is 69.0 Å². The first-order valence-corrected chi connectivity index (χ1v) is 6.80. The second kappa shape index (κ2) is 5.73. The van der Waals surface area contributed by atoms with Crippen LogP contribution >= 0.6 is 39.1 Å². The summed E-state index contributed by atoms with van der Waals surface area (Å²) in [7, 11) is 0. The SMILES string of the molecule is Fc1cc(F)c(C(Br)c2ccc(Cl)c(Cl)c2)cc1F. The monoisotopic (exact) mass is 368 g/mol. The van der Waals surface area contributed by atoms with E-state index in [0.29, 0.717) is 21.7 Å². The molecule has 0 saturated carbocycles. The van der Waals surface area contributed by atoms with Gasteiger partial charge in [0.1, 0.15) is 5.82 Å². The van der Waals surface area contributed by atoms with Crippen molar-refractivity contribution >= 4 is 39.1 Å². The molecule has 2 aromatic rings. The van der Waals surface area contributed by atoms with E-state index in [1.54, 1.807) is 12.1 Å². The van der Waals surface area contributed by atoms with Crippen LogP contribution in [0.25, 0.3) is 0 Å². The molecule has 0 spiro atoms. The number of benzene rings is 2. The van der Waals surface area contributed by atoms with Gasteiger partial charge >= 0.3 is 0 Å². The van der Waals surface area contributed by atoms with E-state index in [9.17, 15) is 13.2 Å². The highest BCUT2D eigenvalue weighted by Gasteiger charge is 2.19. The van der Waals surface area contributed by atoms with Crippen molar-refractivity contribution in [3.63, 3.8) is 0 Å². The van der Waals surface area contributed by atoms with Crippen LogP contribution in [0.1, 0.15) is 16.0 Å². The van der Waals surface area contributed by atoms with Crippen molar-refractivity contribution in [2.75, 3.05) is 0 Å². The van der Waals surface area contributed by atoms with Crippen LogP contribution in [0.4, 0.5) is 13.2 Å². The van der Waals surface area contributed by atoms with Crippen molar-refractivity contribution < 1.29 is 13.2 Å². The van der Waals surface area contributed by atoms with Gasteiger partial charge in [-0.1, -0.05) is 45.2 Å². The minimum atomic E-state index is -1.23. The van der Waals surface area contributed by atoms with Gasteiger partial charge in [-0.2, -0.15) is 0 Å². The maximum absolute atomic E-state index is 13.7. The highest BCUT2D eigenvalue weighted by Crippen LogP contribution is 2.36. The standard InChI is InChI=1S/C13H6BrCl2F3/c14-13(6-1-2-8(15)9(16)3-6)7-4-11(18)12(19)5-10(7)17/h1-5,13H. The lowest BCUT2D eigenvalue weighted by Gasteiger charge is -2.13. The lowest BCUT2D eigenvalue weighted by molar-refractivity contribution is 0.491. The Labute approximate surface area is 126 Å². The molecule has 100 valence electrons. The van der Waals surface area contributed by atoms with Crippen LogP contribution in [0.5, 0.6) is 0 Å². The Bertz CT molecular complexity index is 632. The Morgan fingerprint density at radius 2 is 1.47 bits per heavy atom. The van der Waals surface area contributed by atoms with E-state index in [2.05, 4.69) is 15.9 Å². The number of halogens is 6. The van der Waals surface area contributed by atoms with Crippen LogP contribution in [0, 0.1) is 17.5 Å². The van der Waals surface area contributed by atoms with E-state index in [1.807, 2.05) is 0 Å². The molecule has 0 aromatic heterocycles. The number of alkyl halides is 1. The number of hydrogen-bond acceptors (Lipinski definition) is 0. The van der Waals surface area contributed by atoms with Gasteiger partial charge in [-0.3, -0.25) is 0 Å². The molecule has 0 amide bonds. The van der Waals surface area contributed by atoms with Gasteiger partial charge in [-0.05, 0) is 23.8 Å². The molecule has 1 unspecified atom stereocenters. The summed E-state index contributed by atoms with van der Waals surface area (Å²) in [4.78, 5) is -0.655. The molecular weight excluding hydrogens is 364 g/mol. The van der Waals surface area contributed by atoms with Crippen molar-refractivity contribution in [1.29, 1.82) is 0 Å². The average Bonchev–Trinajstić information content (AvgIpc) is 2.36. The molecular formula is C13H6BrCl2F3. The Morgan fingerprint density at radius 1 is 0.842 bits per heavy atom. The van der Waals surface area contributed by atoms with E-state index in [4.69, 9.17) is 23.2 Å². The van der Waals surface area contributed by atoms with Crippen LogP contribution < -0.4 is 0 Å². The van der Waals surface area contributed by atoms with Crippen molar-refractivity contribution in [2.24, 2.45) is 0 Å². The molecule has 6 heteroatoms. The maximum Gasteiger partial charge on any atom is 0.161 e. The lowest BCUT2D eigenvalue weighted by atomic mass is 10.0. The van der Waals surface area contributed by atoms with Gasteiger partial charge in [0.05, 0.1) is 14.9 Å². The summed E-state index contributed by atoms with van der Waals surface area (Å²) in [5.41, 5.74) is 0.566. The second-order valence-electron chi connectivity index (χ2n) is 3.82. The third-order valence-electron chi connectivity index (χ3n) is 2.55. The van der Waals surface area contributed by atoms with E-state index in [0.717, 1.165) is 6.07 Å². The van der Waals surface area contributed by atoms with E-state index >= 15 is 0 Å². The molecule has 0 fully saturated rings. The Balaban J connectivity index is 2.46. The van der Waals surface area contributed by atoms with Gasteiger partial charge in [0.15, 0.2) is 11.6 Å². The molecule has 0 N–H and O–H groups in total. The normalized spacial score (nSPS) is 12.5. The first-order valence-electron chi connectivity index (χ1n) is 5.13. The van der Waals surface area contributed by atoms with Crippen LogP contribution in [0.15, 0.2) is 30.3 Å². The molecule has 0 saturated heterocycles. The van der Waals surface area contributed by atoms with Crippen LogP contribution in [-0.2, 0) is 0 Å². The summed E-state index contributed by atoms with van der Waals surface area (Å²) in [5.74, 6) is -3.18. The van der Waals surface area contributed by atoms with Crippen molar-refractivity contribution in [1.82, 2.24) is 0 Å². The molecule has 0 bridgehead atoms. The molecule has 2 aromatic carbocycles. The third-order valence-corrected chi connectivity index (χ3v) is 4.31. The Hall–Kier alpha value is -0.710.